The summed E-state index contributed by atoms with van der Waals surface area (Å²) in [6.45, 7) is -0.470. The van der Waals surface area contributed by atoms with Crippen LogP contribution < -0.4 is 21.3 Å². The second kappa shape index (κ2) is 24.1. The number of ether oxygens (including phenoxy) is 1. The maximum absolute atomic E-state index is 14.7. The van der Waals surface area contributed by atoms with Crippen LogP contribution >= 0.6 is 11.8 Å². The number of hydrogen-bond acceptors (Lipinski definition) is 11. The molecule has 6 rings (SSSR count). The van der Waals surface area contributed by atoms with Gasteiger partial charge in [-0.1, -0.05) is 140 Å². The summed E-state index contributed by atoms with van der Waals surface area (Å²) in [5.41, 5.74) is 6.69. The average molecular weight is 971 g/mol. The Morgan fingerprint density at radius 1 is 0.725 bits per heavy atom. The lowest BCUT2D eigenvalue weighted by Crippen LogP contribution is -2.56. The van der Waals surface area contributed by atoms with Crippen molar-refractivity contribution in [3.8, 4) is 17.2 Å². The molecule has 17 heteroatoms. The molecule has 69 heavy (non-hydrogen) atoms. The van der Waals surface area contributed by atoms with Crippen LogP contribution in [0.2, 0.25) is 0 Å². The van der Waals surface area contributed by atoms with Crippen LogP contribution in [0.5, 0.6) is 0 Å². The van der Waals surface area contributed by atoms with Crippen molar-refractivity contribution in [3.05, 3.63) is 167 Å². The zero-order valence-electron chi connectivity index (χ0n) is 38.3. The number of nitriles is 1. The van der Waals surface area contributed by atoms with Crippen LogP contribution in [0.1, 0.15) is 66.3 Å². The normalized spacial score (nSPS) is 12.8. The third-order valence-corrected chi connectivity index (χ3v) is 15.2. The van der Waals surface area contributed by atoms with Gasteiger partial charge in [0.25, 0.3) is 5.91 Å². The molecule has 0 aromatic heterocycles. The zero-order chi connectivity index (χ0) is 49.4. The lowest BCUT2D eigenvalue weighted by Gasteiger charge is -2.36. The van der Waals surface area contributed by atoms with Crippen molar-refractivity contribution in [3.63, 3.8) is 0 Å². The van der Waals surface area contributed by atoms with Gasteiger partial charge in [0.15, 0.2) is 0 Å². The van der Waals surface area contributed by atoms with Gasteiger partial charge in [-0.15, -0.1) is 11.8 Å². The third kappa shape index (κ3) is 12.8. The second-order valence-corrected chi connectivity index (χ2v) is 19.5. The Hall–Kier alpha value is -7.29. The summed E-state index contributed by atoms with van der Waals surface area (Å²) in [6.07, 6.45) is -1.54. The molecule has 358 valence electrons. The number of Topliss-reactive ketones (excluding diaryl/α,β-unsaturated/α-hetero) is 1. The smallest absolute Gasteiger partial charge is 0.407 e. The minimum Gasteiger partial charge on any atom is -0.449 e. The molecule has 2 atom stereocenters. The number of sulfonamides is 1. The molecular weight excluding hydrogens is 917 g/mol. The van der Waals surface area contributed by atoms with Crippen LogP contribution in [-0.4, -0.2) is 98.6 Å². The van der Waals surface area contributed by atoms with Gasteiger partial charge in [-0.25, -0.2) is 17.5 Å². The van der Waals surface area contributed by atoms with Crippen molar-refractivity contribution in [2.24, 2.45) is 0 Å². The van der Waals surface area contributed by atoms with E-state index in [0.717, 1.165) is 38.9 Å². The molecule has 0 fully saturated rings. The molecule has 1 aliphatic carbocycles. The van der Waals surface area contributed by atoms with Crippen LogP contribution in [0.15, 0.2) is 140 Å². The van der Waals surface area contributed by atoms with E-state index in [0.29, 0.717) is 4.31 Å². The van der Waals surface area contributed by atoms with Crippen LogP contribution in [0, 0.1) is 11.3 Å². The molecule has 5 aromatic rings. The quantitative estimate of drug-likeness (QED) is 0.0453. The first-order valence-corrected chi connectivity index (χ1v) is 25.0. The van der Waals surface area contributed by atoms with Crippen LogP contribution in [-0.2, 0) is 43.5 Å². The molecule has 0 spiro atoms. The Kier molecular flexibility index (Phi) is 17.9. The van der Waals surface area contributed by atoms with Gasteiger partial charge in [0, 0.05) is 31.6 Å². The lowest BCUT2D eigenvalue weighted by molar-refractivity contribution is -0.132. The molecule has 15 nitrogen and oxygen atoms in total. The number of carbonyl (C=O) groups excluding carboxylic acids is 6. The van der Waals surface area contributed by atoms with E-state index in [2.05, 4.69) is 21.3 Å². The lowest BCUT2D eigenvalue weighted by atomic mass is 9.84. The van der Waals surface area contributed by atoms with Crippen molar-refractivity contribution in [1.29, 1.82) is 5.26 Å². The van der Waals surface area contributed by atoms with Gasteiger partial charge >= 0.3 is 6.09 Å². The molecule has 4 N–H and O–H groups in total. The van der Waals surface area contributed by atoms with E-state index in [1.807, 2.05) is 140 Å². The van der Waals surface area contributed by atoms with E-state index in [1.54, 1.807) is 6.07 Å². The minimum absolute atomic E-state index is 0.0480. The Balaban J connectivity index is 1.28. The molecular formula is C52H54N6O9S2. The molecule has 0 heterocycles. The van der Waals surface area contributed by atoms with Gasteiger partial charge in [-0.05, 0) is 58.7 Å². The molecule has 1 aliphatic rings. The average Bonchev–Trinajstić information content (AvgIpc) is 3.69. The number of alkyl carbamates (subject to hydrolysis) is 1. The number of fused-ring (bicyclic) bond motifs is 3. The fourth-order valence-electron chi connectivity index (χ4n) is 8.26. The number of ketones is 1. The molecule has 5 aromatic carbocycles. The number of hydrogen-bond donors (Lipinski definition) is 4. The summed E-state index contributed by atoms with van der Waals surface area (Å²) in [4.78, 5) is 79.9. The van der Waals surface area contributed by atoms with Crippen LogP contribution in [0.3, 0.4) is 0 Å². The molecule has 0 radical (unpaired) electrons. The van der Waals surface area contributed by atoms with E-state index in [4.69, 9.17) is 4.74 Å². The second-order valence-electron chi connectivity index (χ2n) is 16.3. The van der Waals surface area contributed by atoms with Crippen LogP contribution in [0.4, 0.5) is 4.79 Å². The van der Waals surface area contributed by atoms with E-state index in [9.17, 15) is 42.4 Å². The topological polar surface area (TPSA) is 221 Å². The molecule has 0 unspecified atom stereocenters. The van der Waals surface area contributed by atoms with Gasteiger partial charge in [0.1, 0.15) is 31.0 Å². The van der Waals surface area contributed by atoms with Crippen LogP contribution in [0.25, 0.3) is 11.1 Å². The fourth-order valence-corrected chi connectivity index (χ4v) is 11.2. The highest BCUT2D eigenvalue weighted by Crippen LogP contribution is 2.49. The van der Waals surface area contributed by atoms with E-state index < -0.39 is 75.4 Å². The maximum atomic E-state index is 14.7. The molecule has 0 bridgehead atoms. The predicted octanol–water partition coefficient (Wildman–Crippen LogP) is 5.80. The van der Waals surface area contributed by atoms with E-state index >= 15 is 0 Å². The number of amides is 5. The van der Waals surface area contributed by atoms with Gasteiger partial charge in [-0.2, -0.15) is 5.26 Å². The van der Waals surface area contributed by atoms with Gasteiger partial charge < -0.3 is 30.8 Å². The number of thioether (sulfide) groups is 1. The standard InChI is InChI=1S/C52H54N6O9S2/c1-36(59)28-29-45(49(62)55-33-48(61)58(31-30-53)69(65,66)32-16-27-47(60)54-2)56-50(63)46(57-51(64)67-34-44-42-25-14-12-23-40(42)41-24-13-15-26-43(41)44)35-68-52(37-17-6-3-7-18-37,38-19-8-4-9-20-38)39-21-10-5-11-22-39/h3-15,17-26,44-46H,16,27-29,31-35H2,1-2H3,(H,54,60)(H,55,62)(H,56,63)(H,57,64)/t45-,46-/m0/s1. The van der Waals surface area contributed by atoms with Gasteiger partial charge in [0.05, 0.1) is 23.1 Å². The minimum atomic E-state index is -4.38. The molecule has 0 aliphatic heterocycles. The van der Waals surface area contributed by atoms with E-state index in [-0.39, 0.29) is 49.7 Å². The third-order valence-electron chi connectivity index (χ3n) is 11.7. The first kappa shape index (κ1) is 51.1. The summed E-state index contributed by atoms with van der Waals surface area (Å²) in [5.74, 6) is -4.55. The SMILES string of the molecule is CNC(=O)CCCS(=O)(=O)N(CC#N)C(=O)CNC(=O)[C@H](CCC(C)=O)NC(=O)[C@H](CSC(c1ccccc1)(c1ccccc1)c1ccccc1)NC(=O)OCC1c2ccccc2-c2ccccc21. The van der Waals surface area contributed by atoms with Crippen molar-refractivity contribution in [1.82, 2.24) is 25.6 Å². The highest BCUT2D eigenvalue weighted by Gasteiger charge is 2.40. The van der Waals surface area contributed by atoms with Crippen molar-refractivity contribution >= 4 is 57.3 Å². The number of rotatable bonds is 23. The predicted molar refractivity (Wildman–Crippen MR) is 263 cm³/mol. The van der Waals surface area contributed by atoms with E-state index in [1.165, 1.54) is 25.7 Å². The Morgan fingerprint density at radius 3 is 1.75 bits per heavy atom. The molecule has 5 amide bonds. The summed E-state index contributed by atoms with van der Waals surface area (Å²) < 4.78 is 31.5. The highest BCUT2D eigenvalue weighted by atomic mass is 32.2. The number of benzene rings is 5. The maximum Gasteiger partial charge on any atom is 0.407 e. The molecule has 0 saturated carbocycles. The fraction of sp³-hybridized carbons (Fsp3) is 0.288. The summed E-state index contributed by atoms with van der Waals surface area (Å²) in [5, 5.41) is 19.6. The number of nitrogens with zero attached hydrogens (tertiary/aromatic N) is 2. The van der Waals surface area contributed by atoms with Gasteiger partial charge in [-0.3, -0.25) is 19.2 Å². The Labute approximate surface area is 406 Å². The summed E-state index contributed by atoms with van der Waals surface area (Å²) >= 11 is 1.38. The largest absolute Gasteiger partial charge is 0.449 e. The van der Waals surface area contributed by atoms with Crippen molar-refractivity contribution in [2.75, 3.05) is 38.2 Å². The summed E-state index contributed by atoms with van der Waals surface area (Å²) in [6, 6.07) is 43.7. The van der Waals surface area contributed by atoms with Crippen molar-refractivity contribution in [2.45, 2.75) is 55.4 Å². The first-order chi connectivity index (χ1) is 33.3. The van der Waals surface area contributed by atoms with Gasteiger partial charge in [0.2, 0.25) is 27.7 Å². The number of nitrogens with one attached hydrogen (secondary N) is 4. The Morgan fingerprint density at radius 2 is 1.25 bits per heavy atom. The Bertz CT molecular complexity index is 2630. The monoisotopic (exact) mass is 970 g/mol. The van der Waals surface area contributed by atoms with Crippen molar-refractivity contribution < 1.29 is 41.9 Å². The highest BCUT2D eigenvalue weighted by molar-refractivity contribution is 8.00. The zero-order valence-corrected chi connectivity index (χ0v) is 39.9. The number of carbonyl (C=O) groups is 6. The first-order valence-electron chi connectivity index (χ1n) is 22.4. The summed E-state index contributed by atoms with van der Waals surface area (Å²) in [7, 11) is -2.98. The molecule has 0 saturated heterocycles.